The summed E-state index contributed by atoms with van der Waals surface area (Å²) in [5.41, 5.74) is 3.92. The normalized spacial score (nSPS) is 11.2. The topological polar surface area (TPSA) is 129 Å². The number of rotatable bonds is 6. The fourth-order valence-corrected chi connectivity index (χ4v) is 1.22. The Bertz CT molecular complexity index is 385. The molecule has 7 heteroatoms. The van der Waals surface area contributed by atoms with Gasteiger partial charge >= 0.3 is 0 Å². The lowest BCUT2D eigenvalue weighted by Crippen LogP contribution is -2.49. The Morgan fingerprint density at radius 3 is 2.41 bits per heavy atom. The second-order valence-corrected chi connectivity index (χ2v) is 3.64. The number of hydrogen-bond donors (Lipinski definition) is 5. The van der Waals surface area contributed by atoms with E-state index in [1.165, 1.54) is 18.3 Å². The van der Waals surface area contributed by atoms with E-state index in [1.54, 1.807) is 0 Å². The summed E-state index contributed by atoms with van der Waals surface area (Å²) in [4.78, 5) is 15.0. The molecule has 1 rings (SSSR count). The first-order chi connectivity index (χ1) is 8.08. The van der Waals surface area contributed by atoms with E-state index >= 15 is 0 Å². The van der Waals surface area contributed by atoms with Gasteiger partial charge in [0, 0.05) is 6.20 Å². The highest BCUT2D eigenvalue weighted by Gasteiger charge is 2.29. The van der Waals surface area contributed by atoms with Gasteiger partial charge in [-0.3, -0.25) is 4.79 Å². The largest absolute Gasteiger partial charge is 0.394 e. The Hall–Kier alpha value is -1.70. The van der Waals surface area contributed by atoms with Gasteiger partial charge in [0.1, 0.15) is 11.4 Å². The smallest absolute Gasteiger partial charge is 0.252 e. The summed E-state index contributed by atoms with van der Waals surface area (Å²) in [6.07, 6.45) is 1.42. The quantitative estimate of drug-likeness (QED) is 0.404. The summed E-state index contributed by atoms with van der Waals surface area (Å²) in [5, 5.41) is 30.1. The highest BCUT2D eigenvalue weighted by Crippen LogP contribution is 2.16. The van der Waals surface area contributed by atoms with Gasteiger partial charge in [0.25, 0.3) is 5.91 Å². The number of nitrogens with two attached hydrogens (primary N) is 1. The molecule has 0 radical (unpaired) electrons. The number of hydrogen-bond acceptors (Lipinski definition) is 6. The van der Waals surface area contributed by atoms with E-state index in [2.05, 4.69) is 10.3 Å². The molecule has 1 amide bonds. The molecule has 0 bridgehead atoms. The number of pyridine rings is 1. The van der Waals surface area contributed by atoms with Crippen LogP contribution in [0.1, 0.15) is 10.4 Å². The molecule has 0 aliphatic heterocycles. The van der Waals surface area contributed by atoms with Gasteiger partial charge in [-0.2, -0.15) is 0 Å². The van der Waals surface area contributed by atoms with Crippen LogP contribution in [0.2, 0.25) is 0 Å². The molecular weight excluding hydrogens is 226 g/mol. The van der Waals surface area contributed by atoms with Crippen LogP contribution in [-0.2, 0) is 0 Å². The molecule has 0 unspecified atom stereocenters. The van der Waals surface area contributed by atoms with E-state index in [1.807, 2.05) is 0 Å². The van der Waals surface area contributed by atoms with E-state index < -0.39 is 31.3 Å². The Balaban J connectivity index is 3.05. The molecule has 1 heterocycles. The first-order valence-corrected chi connectivity index (χ1v) is 4.94. The summed E-state index contributed by atoms with van der Waals surface area (Å²) in [5.74, 6) is -0.583. The first kappa shape index (κ1) is 13.4. The SMILES string of the molecule is NC(=O)c1cccnc1NC(CO)(CO)CO. The Morgan fingerprint density at radius 1 is 1.35 bits per heavy atom. The van der Waals surface area contributed by atoms with Crippen molar-refractivity contribution in [2.24, 2.45) is 5.73 Å². The van der Waals surface area contributed by atoms with Crippen molar-refractivity contribution < 1.29 is 20.1 Å². The minimum Gasteiger partial charge on any atom is -0.394 e. The summed E-state index contributed by atoms with van der Waals surface area (Å²) in [7, 11) is 0. The molecule has 0 saturated heterocycles. The molecular formula is C10H15N3O4. The van der Waals surface area contributed by atoms with Crippen LogP contribution in [0.4, 0.5) is 5.82 Å². The summed E-state index contributed by atoms with van der Waals surface area (Å²) in [6, 6.07) is 2.98. The third-order valence-corrected chi connectivity index (χ3v) is 2.36. The highest BCUT2D eigenvalue weighted by molar-refractivity contribution is 5.97. The van der Waals surface area contributed by atoms with E-state index in [-0.39, 0.29) is 11.4 Å². The molecule has 0 atom stereocenters. The highest BCUT2D eigenvalue weighted by atomic mass is 16.3. The van der Waals surface area contributed by atoms with Crippen molar-refractivity contribution >= 4 is 11.7 Å². The fourth-order valence-electron chi connectivity index (χ4n) is 1.22. The van der Waals surface area contributed by atoms with Crippen LogP contribution in [0.25, 0.3) is 0 Å². The van der Waals surface area contributed by atoms with E-state index in [0.717, 1.165) is 0 Å². The van der Waals surface area contributed by atoms with Gasteiger partial charge in [-0.1, -0.05) is 0 Å². The number of nitrogens with one attached hydrogen (secondary N) is 1. The van der Waals surface area contributed by atoms with Crippen molar-refractivity contribution in [3.05, 3.63) is 23.9 Å². The van der Waals surface area contributed by atoms with Crippen LogP contribution in [0, 0.1) is 0 Å². The maximum Gasteiger partial charge on any atom is 0.252 e. The van der Waals surface area contributed by atoms with Gasteiger partial charge in [-0.15, -0.1) is 0 Å². The third kappa shape index (κ3) is 2.90. The van der Waals surface area contributed by atoms with Crippen molar-refractivity contribution in [1.82, 2.24) is 4.98 Å². The number of aliphatic hydroxyl groups is 3. The maximum absolute atomic E-state index is 11.1. The zero-order chi connectivity index (χ0) is 12.9. The molecule has 7 nitrogen and oxygen atoms in total. The number of aromatic nitrogens is 1. The molecule has 17 heavy (non-hydrogen) atoms. The molecule has 0 saturated carbocycles. The molecule has 1 aromatic rings. The number of primary amides is 1. The van der Waals surface area contributed by atoms with Crippen LogP contribution in [-0.4, -0.2) is 51.6 Å². The summed E-state index contributed by atoms with van der Waals surface area (Å²) >= 11 is 0. The summed E-state index contributed by atoms with van der Waals surface area (Å²) < 4.78 is 0. The monoisotopic (exact) mass is 241 g/mol. The van der Waals surface area contributed by atoms with Crippen LogP contribution in [0.15, 0.2) is 18.3 Å². The lowest BCUT2D eigenvalue weighted by Gasteiger charge is -2.29. The van der Waals surface area contributed by atoms with Crippen molar-refractivity contribution in [2.75, 3.05) is 25.1 Å². The molecule has 0 spiro atoms. The van der Waals surface area contributed by atoms with Crippen LogP contribution < -0.4 is 11.1 Å². The molecule has 0 fully saturated rings. The lowest BCUT2D eigenvalue weighted by atomic mass is 10.0. The van der Waals surface area contributed by atoms with Crippen LogP contribution >= 0.6 is 0 Å². The van der Waals surface area contributed by atoms with Crippen LogP contribution in [0.3, 0.4) is 0 Å². The summed E-state index contributed by atoms with van der Waals surface area (Å²) in [6.45, 7) is -1.56. The molecule has 94 valence electrons. The molecule has 6 N–H and O–H groups in total. The van der Waals surface area contributed by atoms with Gasteiger partial charge in [-0.25, -0.2) is 4.98 Å². The Morgan fingerprint density at radius 2 is 1.94 bits per heavy atom. The van der Waals surface area contributed by atoms with Gasteiger partial charge in [0.15, 0.2) is 0 Å². The Labute approximate surface area is 97.9 Å². The number of amides is 1. The number of carbonyl (C=O) groups is 1. The van der Waals surface area contributed by atoms with Crippen molar-refractivity contribution in [3.8, 4) is 0 Å². The average Bonchev–Trinajstić information content (AvgIpc) is 2.36. The molecule has 0 aromatic carbocycles. The van der Waals surface area contributed by atoms with Gasteiger partial charge < -0.3 is 26.4 Å². The second-order valence-electron chi connectivity index (χ2n) is 3.64. The Kier molecular flexibility index (Phi) is 4.38. The van der Waals surface area contributed by atoms with Crippen molar-refractivity contribution in [2.45, 2.75) is 5.54 Å². The predicted molar refractivity (Wildman–Crippen MR) is 60.4 cm³/mol. The number of anilines is 1. The fraction of sp³-hybridized carbons (Fsp3) is 0.400. The minimum absolute atomic E-state index is 0.108. The van der Waals surface area contributed by atoms with E-state index in [4.69, 9.17) is 21.1 Å². The zero-order valence-electron chi connectivity index (χ0n) is 9.13. The molecule has 0 aliphatic carbocycles. The van der Waals surface area contributed by atoms with Crippen molar-refractivity contribution in [1.29, 1.82) is 0 Å². The third-order valence-electron chi connectivity index (χ3n) is 2.36. The predicted octanol–water partition coefficient (Wildman–Crippen LogP) is -1.69. The van der Waals surface area contributed by atoms with Gasteiger partial charge in [0.05, 0.1) is 25.4 Å². The van der Waals surface area contributed by atoms with Crippen LogP contribution in [0.5, 0.6) is 0 Å². The number of carbonyl (C=O) groups excluding carboxylic acids is 1. The minimum atomic E-state index is -1.35. The number of aliphatic hydroxyl groups excluding tert-OH is 3. The standard InChI is InChI=1S/C10H15N3O4/c11-8(17)7-2-1-3-12-9(7)13-10(4-14,5-15)6-16/h1-3,14-16H,4-6H2,(H2,11,17)(H,12,13). The first-order valence-electron chi connectivity index (χ1n) is 4.94. The van der Waals surface area contributed by atoms with Crippen molar-refractivity contribution in [3.63, 3.8) is 0 Å². The van der Waals surface area contributed by atoms with E-state index in [0.29, 0.717) is 0 Å². The zero-order valence-corrected chi connectivity index (χ0v) is 9.13. The van der Waals surface area contributed by atoms with E-state index in [9.17, 15) is 4.79 Å². The second kappa shape index (κ2) is 5.58. The van der Waals surface area contributed by atoms with Gasteiger partial charge in [0.2, 0.25) is 0 Å². The lowest BCUT2D eigenvalue weighted by molar-refractivity contribution is 0.0827. The average molecular weight is 241 g/mol. The molecule has 0 aliphatic rings. The number of nitrogens with zero attached hydrogens (tertiary/aromatic N) is 1. The maximum atomic E-state index is 11.1. The molecule has 1 aromatic heterocycles. The van der Waals surface area contributed by atoms with Gasteiger partial charge in [-0.05, 0) is 12.1 Å².